The number of amides is 3. The van der Waals surface area contributed by atoms with Crippen LogP contribution in [0.15, 0.2) is 0 Å². The molecule has 18 heavy (non-hydrogen) atoms. The number of nitrogens with zero attached hydrogens (tertiary/aromatic N) is 2. The number of rotatable bonds is 5. The first kappa shape index (κ1) is 14.8. The number of carbonyl (C=O) groups is 2. The van der Waals surface area contributed by atoms with Crippen molar-refractivity contribution in [1.29, 1.82) is 0 Å². The van der Waals surface area contributed by atoms with Crippen LogP contribution in [0.2, 0.25) is 0 Å². The first-order valence-electron chi connectivity index (χ1n) is 6.93. The summed E-state index contributed by atoms with van der Waals surface area (Å²) >= 11 is 0. The molecule has 0 aliphatic carbocycles. The van der Waals surface area contributed by atoms with Crippen LogP contribution in [0.1, 0.15) is 39.5 Å². The molecular formula is C13H25N3O2. The summed E-state index contributed by atoms with van der Waals surface area (Å²) in [4.78, 5) is 27.2. The Morgan fingerprint density at radius 3 is 2.39 bits per heavy atom. The second kappa shape index (κ2) is 7.24. The van der Waals surface area contributed by atoms with Gasteiger partial charge in [0, 0.05) is 26.2 Å². The van der Waals surface area contributed by atoms with E-state index in [4.69, 9.17) is 5.73 Å². The molecule has 1 saturated heterocycles. The zero-order valence-electron chi connectivity index (χ0n) is 11.5. The van der Waals surface area contributed by atoms with E-state index in [1.165, 1.54) is 0 Å². The third-order valence-electron chi connectivity index (χ3n) is 3.35. The lowest BCUT2D eigenvalue weighted by molar-refractivity contribution is -0.123. The highest BCUT2D eigenvalue weighted by Gasteiger charge is 2.28. The molecule has 0 aromatic carbocycles. The molecule has 0 aromatic rings. The highest BCUT2D eigenvalue weighted by atomic mass is 16.2. The summed E-state index contributed by atoms with van der Waals surface area (Å²) in [5, 5.41) is 0. The van der Waals surface area contributed by atoms with Gasteiger partial charge in [0.1, 0.15) is 0 Å². The minimum Gasteiger partial charge on any atom is -0.369 e. The Labute approximate surface area is 109 Å². The number of piperidine rings is 1. The molecule has 1 fully saturated rings. The minimum absolute atomic E-state index is 0.0599. The van der Waals surface area contributed by atoms with Gasteiger partial charge in [-0.1, -0.05) is 13.8 Å². The van der Waals surface area contributed by atoms with Gasteiger partial charge in [0.15, 0.2) is 0 Å². The number of primary amides is 1. The van der Waals surface area contributed by atoms with Gasteiger partial charge in [-0.3, -0.25) is 4.79 Å². The van der Waals surface area contributed by atoms with Gasteiger partial charge in [-0.15, -0.1) is 0 Å². The van der Waals surface area contributed by atoms with E-state index in [1.807, 2.05) is 4.90 Å². The molecule has 0 saturated carbocycles. The third kappa shape index (κ3) is 3.89. The van der Waals surface area contributed by atoms with Crippen molar-refractivity contribution < 1.29 is 9.59 Å². The second-order valence-electron chi connectivity index (χ2n) is 4.96. The first-order chi connectivity index (χ1) is 8.60. The lowest BCUT2D eigenvalue weighted by atomic mass is 9.98. The summed E-state index contributed by atoms with van der Waals surface area (Å²) in [6.45, 7) is 6.93. The molecule has 0 aromatic heterocycles. The molecule has 1 atom stereocenters. The summed E-state index contributed by atoms with van der Waals surface area (Å²) < 4.78 is 0. The van der Waals surface area contributed by atoms with Crippen molar-refractivity contribution in [1.82, 2.24) is 9.80 Å². The second-order valence-corrected chi connectivity index (χ2v) is 4.96. The number of hydrogen-bond donors (Lipinski definition) is 1. The van der Waals surface area contributed by atoms with Gasteiger partial charge in [-0.05, 0) is 25.7 Å². The molecule has 104 valence electrons. The average Bonchev–Trinajstić information content (AvgIpc) is 2.38. The van der Waals surface area contributed by atoms with Crippen molar-refractivity contribution in [3.63, 3.8) is 0 Å². The smallest absolute Gasteiger partial charge is 0.320 e. The molecule has 1 unspecified atom stereocenters. The zero-order valence-corrected chi connectivity index (χ0v) is 11.5. The van der Waals surface area contributed by atoms with E-state index < -0.39 is 0 Å². The van der Waals surface area contributed by atoms with Crippen LogP contribution in [0.25, 0.3) is 0 Å². The molecule has 0 spiro atoms. The van der Waals surface area contributed by atoms with E-state index in [1.54, 1.807) is 4.90 Å². The Kier molecular flexibility index (Phi) is 5.95. The van der Waals surface area contributed by atoms with E-state index >= 15 is 0 Å². The van der Waals surface area contributed by atoms with Crippen LogP contribution >= 0.6 is 0 Å². The summed E-state index contributed by atoms with van der Waals surface area (Å²) in [6, 6.07) is 0.0599. The predicted octanol–water partition coefficient (Wildman–Crippen LogP) is 1.43. The van der Waals surface area contributed by atoms with Crippen molar-refractivity contribution in [2.24, 2.45) is 11.7 Å². The quantitative estimate of drug-likeness (QED) is 0.807. The van der Waals surface area contributed by atoms with E-state index in [2.05, 4.69) is 13.8 Å². The first-order valence-corrected chi connectivity index (χ1v) is 6.93. The number of nitrogens with two attached hydrogens (primary N) is 1. The number of carbonyl (C=O) groups excluding carboxylic acids is 2. The Morgan fingerprint density at radius 2 is 1.89 bits per heavy atom. The van der Waals surface area contributed by atoms with Crippen molar-refractivity contribution in [3.8, 4) is 0 Å². The highest BCUT2D eigenvalue weighted by molar-refractivity contribution is 5.79. The van der Waals surface area contributed by atoms with Crippen LogP contribution in [-0.4, -0.2) is 47.9 Å². The Hall–Kier alpha value is -1.26. The van der Waals surface area contributed by atoms with Gasteiger partial charge in [0.25, 0.3) is 0 Å². The summed E-state index contributed by atoms with van der Waals surface area (Å²) in [7, 11) is 0. The lowest BCUT2D eigenvalue weighted by Gasteiger charge is -2.35. The topological polar surface area (TPSA) is 66.6 Å². The summed E-state index contributed by atoms with van der Waals surface area (Å²) in [5.74, 6) is -0.460. The van der Waals surface area contributed by atoms with Crippen molar-refractivity contribution in [2.45, 2.75) is 39.5 Å². The van der Waals surface area contributed by atoms with Crippen LogP contribution in [0, 0.1) is 5.92 Å². The molecule has 0 radical (unpaired) electrons. The molecule has 1 aliphatic heterocycles. The van der Waals surface area contributed by atoms with E-state index in [0.717, 1.165) is 45.3 Å². The van der Waals surface area contributed by atoms with E-state index in [-0.39, 0.29) is 17.9 Å². The largest absolute Gasteiger partial charge is 0.369 e. The Bertz CT molecular complexity index is 288. The van der Waals surface area contributed by atoms with Gasteiger partial charge in [0.2, 0.25) is 5.91 Å². The highest BCUT2D eigenvalue weighted by Crippen LogP contribution is 2.17. The normalized spacial score (nSPS) is 19.7. The molecule has 1 rings (SSSR count). The molecule has 3 amide bonds. The lowest BCUT2D eigenvalue weighted by Crippen LogP contribution is -2.50. The fourth-order valence-electron chi connectivity index (χ4n) is 2.43. The zero-order chi connectivity index (χ0) is 13.5. The third-order valence-corrected chi connectivity index (χ3v) is 3.35. The maximum atomic E-state index is 12.3. The van der Waals surface area contributed by atoms with Crippen molar-refractivity contribution in [2.75, 3.05) is 26.2 Å². The number of urea groups is 1. The van der Waals surface area contributed by atoms with Gasteiger partial charge >= 0.3 is 6.03 Å². The SMILES string of the molecule is CCCN(CCC)C(=O)N1CCCC(C(N)=O)C1. The monoisotopic (exact) mass is 255 g/mol. The van der Waals surface area contributed by atoms with Crippen molar-refractivity contribution in [3.05, 3.63) is 0 Å². The van der Waals surface area contributed by atoms with Gasteiger partial charge in [-0.25, -0.2) is 4.79 Å². The molecular weight excluding hydrogens is 230 g/mol. The maximum Gasteiger partial charge on any atom is 0.320 e. The van der Waals surface area contributed by atoms with Gasteiger partial charge < -0.3 is 15.5 Å². The predicted molar refractivity (Wildman–Crippen MR) is 71.0 cm³/mol. The molecule has 2 N–H and O–H groups in total. The average molecular weight is 255 g/mol. The number of likely N-dealkylation sites (tertiary alicyclic amines) is 1. The molecule has 1 aliphatic rings. The molecule has 0 bridgehead atoms. The van der Waals surface area contributed by atoms with Crippen molar-refractivity contribution >= 4 is 11.9 Å². The van der Waals surface area contributed by atoms with E-state index in [0.29, 0.717) is 6.54 Å². The number of hydrogen-bond acceptors (Lipinski definition) is 2. The minimum atomic E-state index is -0.287. The molecule has 5 heteroatoms. The van der Waals surface area contributed by atoms with Crippen LogP contribution in [0.5, 0.6) is 0 Å². The van der Waals surface area contributed by atoms with Crippen LogP contribution < -0.4 is 5.73 Å². The van der Waals surface area contributed by atoms with Crippen LogP contribution in [0.3, 0.4) is 0 Å². The van der Waals surface area contributed by atoms with E-state index in [9.17, 15) is 9.59 Å². The standard InChI is InChI=1S/C13H25N3O2/c1-3-7-15(8-4-2)13(18)16-9-5-6-11(10-16)12(14)17/h11H,3-10H2,1-2H3,(H2,14,17). The molecule has 5 nitrogen and oxygen atoms in total. The summed E-state index contributed by atoms with van der Waals surface area (Å²) in [6.07, 6.45) is 3.59. The fraction of sp³-hybridized carbons (Fsp3) is 0.846. The van der Waals surface area contributed by atoms with Crippen LogP contribution in [0.4, 0.5) is 4.79 Å². The van der Waals surface area contributed by atoms with Gasteiger partial charge in [-0.2, -0.15) is 0 Å². The van der Waals surface area contributed by atoms with Crippen LogP contribution in [-0.2, 0) is 4.79 Å². The maximum absolute atomic E-state index is 12.3. The fourth-order valence-corrected chi connectivity index (χ4v) is 2.43. The van der Waals surface area contributed by atoms with Gasteiger partial charge in [0.05, 0.1) is 5.92 Å². The Balaban J connectivity index is 2.60. The Morgan fingerprint density at radius 1 is 1.28 bits per heavy atom. The summed E-state index contributed by atoms with van der Waals surface area (Å²) in [5.41, 5.74) is 5.33. The molecule has 1 heterocycles.